The average molecular weight is 194 g/mol. The average Bonchev–Trinajstić information content (AvgIpc) is 2.87. The van der Waals surface area contributed by atoms with E-state index in [9.17, 15) is 4.79 Å². The van der Waals surface area contributed by atoms with Crippen molar-refractivity contribution in [3.05, 3.63) is 18.0 Å². The number of carbonyl (C=O) groups excluding carboxylic acids is 1. The summed E-state index contributed by atoms with van der Waals surface area (Å²) in [5.74, 6) is 0.0104. The Bertz CT molecular complexity index is 303. The largest absolute Gasteiger partial charge is 0.336 e. The quantitative estimate of drug-likeness (QED) is 0.688. The molecule has 0 saturated carbocycles. The Morgan fingerprint density at radius 3 is 3.14 bits per heavy atom. The van der Waals surface area contributed by atoms with Gasteiger partial charge < -0.3 is 10.2 Å². The van der Waals surface area contributed by atoms with Gasteiger partial charge in [-0.1, -0.05) is 0 Å². The van der Waals surface area contributed by atoms with E-state index in [1.54, 1.807) is 17.2 Å². The second-order valence-electron chi connectivity index (χ2n) is 3.53. The molecule has 14 heavy (non-hydrogen) atoms. The lowest BCUT2D eigenvalue weighted by molar-refractivity contribution is 0.0738. The van der Waals surface area contributed by atoms with Gasteiger partial charge in [0.25, 0.3) is 5.91 Å². The van der Waals surface area contributed by atoms with E-state index in [1.165, 1.54) is 0 Å². The van der Waals surface area contributed by atoms with Gasteiger partial charge in [-0.25, -0.2) is 0 Å². The van der Waals surface area contributed by atoms with Gasteiger partial charge >= 0.3 is 0 Å². The standard InChI is InChI=1S/C9H14N4O/c1-13(7-2-4-10-6-7)9(14)8-3-5-11-12-8/h3,5,7,10H,2,4,6H2,1H3,(H,11,12). The number of hydrogen-bond acceptors (Lipinski definition) is 3. The van der Waals surface area contributed by atoms with Gasteiger partial charge in [-0.15, -0.1) is 0 Å². The first-order chi connectivity index (χ1) is 6.79. The van der Waals surface area contributed by atoms with Crippen molar-refractivity contribution in [2.75, 3.05) is 20.1 Å². The lowest BCUT2D eigenvalue weighted by atomic mass is 10.2. The van der Waals surface area contributed by atoms with E-state index in [4.69, 9.17) is 0 Å². The van der Waals surface area contributed by atoms with Crippen LogP contribution in [0.4, 0.5) is 0 Å². The van der Waals surface area contributed by atoms with Crippen LogP contribution in [0, 0.1) is 0 Å². The zero-order chi connectivity index (χ0) is 9.97. The number of amides is 1. The van der Waals surface area contributed by atoms with E-state index in [0.717, 1.165) is 19.5 Å². The first kappa shape index (κ1) is 9.21. The van der Waals surface area contributed by atoms with Crippen molar-refractivity contribution < 1.29 is 4.79 Å². The topological polar surface area (TPSA) is 61.0 Å². The van der Waals surface area contributed by atoms with E-state index in [1.807, 2.05) is 7.05 Å². The van der Waals surface area contributed by atoms with Crippen molar-refractivity contribution in [2.45, 2.75) is 12.5 Å². The first-order valence-corrected chi connectivity index (χ1v) is 4.76. The molecule has 5 heteroatoms. The SMILES string of the molecule is CN(C(=O)c1ccn[nH]1)C1CCNC1. The van der Waals surface area contributed by atoms with Crippen molar-refractivity contribution in [3.8, 4) is 0 Å². The molecular formula is C9H14N4O. The van der Waals surface area contributed by atoms with Crippen LogP contribution in [0.2, 0.25) is 0 Å². The number of rotatable bonds is 2. The molecule has 1 aliphatic rings. The maximum absolute atomic E-state index is 11.8. The second-order valence-corrected chi connectivity index (χ2v) is 3.53. The molecule has 0 radical (unpaired) electrons. The van der Waals surface area contributed by atoms with E-state index >= 15 is 0 Å². The van der Waals surface area contributed by atoms with Crippen LogP contribution in [0.1, 0.15) is 16.9 Å². The van der Waals surface area contributed by atoms with E-state index in [2.05, 4.69) is 15.5 Å². The predicted molar refractivity (Wildman–Crippen MR) is 52.0 cm³/mol. The third-order valence-electron chi connectivity index (χ3n) is 2.63. The number of H-pyrrole nitrogens is 1. The number of nitrogens with zero attached hydrogens (tertiary/aromatic N) is 2. The van der Waals surface area contributed by atoms with Crippen molar-refractivity contribution in [1.29, 1.82) is 0 Å². The Morgan fingerprint density at radius 2 is 2.57 bits per heavy atom. The summed E-state index contributed by atoms with van der Waals surface area (Å²) in [4.78, 5) is 13.6. The third kappa shape index (κ3) is 1.63. The van der Waals surface area contributed by atoms with Gasteiger partial charge in [0.05, 0.1) is 0 Å². The zero-order valence-corrected chi connectivity index (χ0v) is 8.16. The van der Waals surface area contributed by atoms with E-state index in [-0.39, 0.29) is 5.91 Å². The minimum absolute atomic E-state index is 0.0104. The molecule has 1 aliphatic heterocycles. The predicted octanol–water partition coefficient (Wildman–Crippen LogP) is -0.156. The van der Waals surface area contributed by atoms with Crippen LogP contribution in [-0.4, -0.2) is 47.2 Å². The molecule has 2 N–H and O–H groups in total. The van der Waals surface area contributed by atoms with Crippen molar-refractivity contribution in [2.24, 2.45) is 0 Å². The maximum atomic E-state index is 11.8. The molecule has 76 valence electrons. The molecule has 5 nitrogen and oxygen atoms in total. The number of hydrogen-bond donors (Lipinski definition) is 2. The van der Waals surface area contributed by atoms with Gasteiger partial charge in [-0.3, -0.25) is 9.89 Å². The van der Waals surface area contributed by atoms with Crippen LogP contribution < -0.4 is 5.32 Å². The molecular weight excluding hydrogens is 180 g/mol. The normalized spacial score (nSPS) is 21.1. The number of aromatic nitrogens is 2. The summed E-state index contributed by atoms with van der Waals surface area (Å²) in [5, 5.41) is 9.68. The first-order valence-electron chi connectivity index (χ1n) is 4.76. The number of nitrogens with one attached hydrogen (secondary N) is 2. The Hall–Kier alpha value is -1.36. The second kappa shape index (κ2) is 3.79. The van der Waals surface area contributed by atoms with Gasteiger partial charge in [-0.05, 0) is 19.0 Å². The monoisotopic (exact) mass is 194 g/mol. The minimum atomic E-state index is 0.0104. The highest BCUT2D eigenvalue weighted by atomic mass is 16.2. The molecule has 1 atom stereocenters. The fourth-order valence-corrected chi connectivity index (χ4v) is 1.70. The third-order valence-corrected chi connectivity index (χ3v) is 2.63. The molecule has 0 bridgehead atoms. The molecule has 1 fully saturated rings. The summed E-state index contributed by atoms with van der Waals surface area (Å²) in [6, 6.07) is 2.01. The molecule has 1 aromatic heterocycles. The number of aromatic amines is 1. The molecule has 0 aliphatic carbocycles. The Balaban J connectivity index is 2.04. The van der Waals surface area contributed by atoms with Gasteiger partial charge in [0.15, 0.2) is 0 Å². The summed E-state index contributed by atoms with van der Waals surface area (Å²) < 4.78 is 0. The molecule has 0 aromatic carbocycles. The fourth-order valence-electron chi connectivity index (χ4n) is 1.70. The fraction of sp³-hybridized carbons (Fsp3) is 0.556. The summed E-state index contributed by atoms with van der Waals surface area (Å²) >= 11 is 0. The van der Waals surface area contributed by atoms with Crippen molar-refractivity contribution in [3.63, 3.8) is 0 Å². The summed E-state index contributed by atoms with van der Waals surface area (Å²) in [5.41, 5.74) is 0.555. The Morgan fingerprint density at radius 1 is 1.71 bits per heavy atom. The lowest BCUT2D eigenvalue weighted by Gasteiger charge is -2.22. The van der Waals surface area contributed by atoms with Crippen LogP contribution in [0.3, 0.4) is 0 Å². The van der Waals surface area contributed by atoms with Crippen molar-refractivity contribution >= 4 is 5.91 Å². The highest BCUT2D eigenvalue weighted by molar-refractivity contribution is 5.92. The van der Waals surface area contributed by atoms with Crippen molar-refractivity contribution in [1.82, 2.24) is 20.4 Å². The molecule has 1 saturated heterocycles. The summed E-state index contributed by atoms with van der Waals surface area (Å²) in [6.45, 7) is 1.88. The Labute approximate surface area is 82.5 Å². The van der Waals surface area contributed by atoms with Crippen LogP contribution in [0.15, 0.2) is 12.3 Å². The molecule has 1 aromatic rings. The molecule has 0 spiro atoms. The van der Waals surface area contributed by atoms with Crippen LogP contribution in [0.25, 0.3) is 0 Å². The highest BCUT2D eigenvalue weighted by Gasteiger charge is 2.24. The van der Waals surface area contributed by atoms with Gasteiger partial charge in [0.1, 0.15) is 5.69 Å². The maximum Gasteiger partial charge on any atom is 0.271 e. The number of carbonyl (C=O) groups is 1. The molecule has 2 rings (SSSR count). The smallest absolute Gasteiger partial charge is 0.271 e. The van der Waals surface area contributed by atoms with Gasteiger partial charge in [-0.2, -0.15) is 5.10 Å². The van der Waals surface area contributed by atoms with Gasteiger partial charge in [0.2, 0.25) is 0 Å². The molecule has 1 amide bonds. The minimum Gasteiger partial charge on any atom is -0.336 e. The number of likely N-dealkylation sites (N-methyl/N-ethyl adjacent to an activating group) is 1. The van der Waals surface area contributed by atoms with Gasteiger partial charge in [0, 0.05) is 25.8 Å². The van der Waals surface area contributed by atoms with E-state index in [0.29, 0.717) is 11.7 Å². The van der Waals surface area contributed by atoms with E-state index < -0.39 is 0 Å². The zero-order valence-electron chi connectivity index (χ0n) is 8.16. The van der Waals surface area contributed by atoms with Crippen LogP contribution in [-0.2, 0) is 0 Å². The molecule has 2 heterocycles. The highest BCUT2D eigenvalue weighted by Crippen LogP contribution is 2.09. The molecule has 1 unspecified atom stereocenters. The lowest BCUT2D eigenvalue weighted by Crippen LogP contribution is -2.38. The summed E-state index contributed by atoms with van der Waals surface area (Å²) in [6.07, 6.45) is 2.62. The summed E-state index contributed by atoms with van der Waals surface area (Å²) in [7, 11) is 1.83. The van der Waals surface area contributed by atoms with Crippen LogP contribution in [0.5, 0.6) is 0 Å². The van der Waals surface area contributed by atoms with Crippen LogP contribution >= 0.6 is 0 Å². The Kier molecular flexibility index (Phi) is 2.49.